The van der Waals surface area contributed by atoms with Crippen molar-refractivity contribution in [2.75, 3.05) is 6.61 Å². The highest BCUT2D eigenvalue weighted by atomic mass is 16.5. The molecule has 0 spiro atoms. The lowest BCUT2D eigenvalue weighted by Crippen LogP contribution is -2.25. The van der Waals surface area contributed by atoms with Crippen LogP contribution < -0.4 is 0 Å². The van der Waals surface area contributed by atoms with Gasteiger partial charge in [-0.2, -0.15) is 0 Å². The third kappa shape index (κ3) is 1.47. The molecule has 1 aliphatic heterocycles. The molecule has 1 heteroatoms. The van der Waals surface area contributed by atoms with Gasteiger partial charge in [0.2, 0.25) is 0 Å². The molecular formula is C8H14O. The van der Waals surface area contributed by atoms with Gasteiger partial charge < -0.3 is 4.74 Å². The summed E-state index contributed by atoms with van der Waals surface area (Å²) < 4.78 is 5.05. The zero-order valence-electron chi connectivity index (χ0n) is 6.18. The van der Waals surface area contributed by atoms with Crippen LogP contribution in [-0.4, -0.2) is 6.61 Å². The fourth-order valence-electron chi connectivity index (χ4n) is 1.09. The molecular weight excluding hydrogens is 112 g/mol. The molecule has 1 atom stereocenters. The first-order valence-electron chi connectivity index (χ1n) is 3.51. The van der Waals surface area contributed by atoms with Gasteiger partial charge in [0.25, 0.3) is 0 Å². The van der Waals surface area contributed by atoms with Gasteiger partial charge in [-0.3, -0.25) is 0 Å². The largest absolute Gasteiger partial charge is 0.497 e. The van der Waals surface area contributed by atoms with E-state index >= 15 is 0 Å². The van der Waals surface area contributed by atoms with Gasteiger partial charge in [0, 0.05) is 0 Å². The van der Waals surface area contributed by atoms with E-state index in [1.165, 1.54) is 6.42 Å². The van der Waals surface area contributed by atoms with E-state index in [1.807, 2.05) is 0 Å². The fraction of sp³-hybridized carbons (Fsp3) is 0.750. The molecule has 0 aliphatic carbocycles. The zero-order valence-corrected chi connectivity index (χ0v) is 6.18. The van der Waals surface area contributed by atoms with E-state index in [1.54, 1.807) is 0 Å². The van der Waals surface area contributed by atoms with Crippen molar-refractivity contribution < 1.29 is 4.74 Å². The van der Waals surface area contributed by atoms with Crippen LogP contribution in [0.2, 0.25) is 0 Å². The molecule has 1 nitrogen and oxygen atoms in total. The van der Waals surface area contributed by atoms with E-state index in [0.29, 0.717) is 5.92 Å². The van der Waals surface area contributed by atoms with Crippen LogP contribution in [0.1, 0.15) is 20.3 Å². The second-order valence-corrected chi connectivity index (χ2v) is 3.10. The van der Waals surface area contributed by atoms with Gasteiger partial charge in [-0.05, 0) is 12.3 Å². The van der Waals surface area contributed by atoms with Crippen molar-refractivity contribution in [2.45, 2.75) is 20.3 Å². The average molecular weight is 126 g/mol. The summed E-state index contributed by atoms with van der Waals surface area (Å²) in [6.07, 6.45) is 1.23. The van der Waals surface area contributed by atoms with Gasteiger partial charge in [0.15, 0.2) is 0 Å². The van der Waals surface area contributed by atoms with Crippen molar-refractivity contribution in [1.29, 1.82) is 0 Å². The van der Waals surface area contributed by atoms with Crippen molar-refractivity contribution in [3.63, 3.8) is 0 Å². The van der Waals surface area contributed by atoms with Gasteiger partial charge in [0.1, 0.15) is 0 Å². The van der Waals surface area contributed by atoms with Gasteiger partial charge in [-0.25, -0.2) is 0 Å². The number of ether oxygens (including phenoxy) is 1. The van der Waals surface area contributed by atoms with Crippen molar-refractivity contribution in [3.05, 3.63) is 12.3 Å². The van der Waals surface area contributed by atoms with Crippen molar-refractivity contribution >= 4 is 0 Å². The van der Waals surface area contributed by atoms with E-state index in [0.717, 1.165) is 18.3 Å². The predicted octanol–water partition coefficient (Wildman–Crippen LogP) is 2.19. The third-order valence-corrected chi connectivity index (χ3v) is 1.68. The Hall–Kier alpha value is -0.460. The number of hydrogen-bond acceptors (Lipinski definition) is 1. The van der Waals surface area contributed by atoms with Crippen LogP contribution in [0.25, 0.3) is 0 Å². The molecule has 1 rings (SSSR count). The molecule has 1 heterocycles. The summed E-state index contributed by atoms with van der Waals surface area (Å²) in [7, 11) is 0. The zero-order chi connectivity index (χ0) is 6.85. The van der Waals surface area contributed by atoms with Crippen LogP contribution in [0.4, 0.5) is 0 Å². The summed E-state index contributed by atoms with van der Waals surface area (Å²) in [5.41, 5.74) is 0. The first-order valence-corrected chi connectivity index (χ1v) is 3.51. The molecule has 52 valence electrons. The van der Waals surface area contributed by atoms with Crippen LogP contribution in [0, 0.1) is 11.8 Å². The molecule has 1 saturated heterocycles. The Labute approximate surface area is 56.7 Å². The fourth-order valence-corrected chi connectivity index (χ4v) is 1.09. The second kappa shape index (κ2) is 2.42. The summed E-state index contributed by atoms with van der Waals surface area (Å²) in [6.45, 7) is 9.13. The number of hydrogen-bond donors (Lipinski definition) is 0. The highest BCUT2D eigenvalue weighted by Gasteiger charge is 2.24. The molecule has 0 amide bonds. The Morgan fingerprint density at radius 2 is 2.44 bits per heavy atom. The maximum Gasteiger partial charge on any atom is 0.0975 e. The van der Waals surface area contributed by atoms with Crippen LogP contribution in [-0.2, 0) is 4.74 Å². The standard InChI is InChI=1S/C8H14O/c1-6(2)4-8-5-9-7(8)3/h6,8H,3-5H2,1-2H3. The van der Waals surface area contributed by atoms with Crippen LogP contribution in [0.15, 0.2) is 12.3 Å². The third-order valence-electron chi connectivity index (χ3n) is 1.68. The van der Waals surface area contributed by atoms with Gasteiger partial charge in [-0.15, -0.1) is 0 Å². The molecule has 0 bridgehead atoms. The van der Waals surface area contributed by atoms with E-state index in [-0.39, 0.29) is 0 Å². The predicted molar refractivity (Wildman–Crippen MR) is 38.0 cm³/mol. The monoisotopic (exact) mass is 126 g/mol. The van der Waals surface area contributed by atoms with E-state index in [4.69, 9.17) is 4.74 Å². The molecule has 1 unspecified atom stereocenters. The SMILES string of the molecule is C=C1OCC1CC(C)C. The summed E-state index contributed by atoms with van der Waals surface area (Å²) >= 11 is 0. The summed E-state index contributed by atoms with van der Waals surface area (Å²) in [6, 6.07) is 0. The Kier molecular flexibility index (Phi) is 1.79. The lowest BCUT2D eigenvalue weighted by molar-refractivity contribution is 0.0390. The van der Waals surface area contributed by atoms with Crippen LogP contribution >= 0.6 is 0 Å². The molecule has 1 fully saturated rings. The Balaban J connectivity index is 2.21. The molecule has 1 aliphatic rings. The number of rotatable bonds is 2. The first-order chi connectivity index (χ1) is 4.20. The second-order valence-electron chi connectivity index (χ2n) is 3.10. The lowest BCUT2D eigenvalue weighted by atomic mass is 9.93. The smallest absolute Gasteiger partial charge is 0.0975 e. The van der Waals surface area contributed by atoms with Crippen molar-refractivity contribution in [2.24, 2.45) is 11.8 Å². The van der Waals surface area contributed by atoms with Crippen molar-refractivity contribution in [3.8, 4) is 0 Å². The minimum absolute atomic E-state index is 0.657. The molecule has 0 aromatic heterocycles. The minimum atomic E-state index is 0.657. The Morgan fingerprint density at radius 1 is 1.78 bits per heavy atom. The topological polar surface area (TPSA) is 9.23 Å². The summed E-state index contributed by atoms with van der Waals surface area (Å²) in [4.78, 5) is 0. The van der Waals surface area contributed by atoms with Crippen molar-refractivity contribution in [1.82, 2.24) is 0 Å². The van der Waals surface area contributed by atoms with Crippen LogP contribution in [0.5, 0.6) is 0 Å². The summed E-state index contributed by atoms with van der Waals surface area (Å²) in [5, 5.41) is 0. The molecule has 0 radical (unpaired) electrons. The van der Waals surface area contributed by atoms with E-state index < -0.39 is 0 Å². The lowest BCUT2D eigenvalue weighted by Gasteiger charge is -2.30. The summed E-state index contributed by atoms with van der Waals surface area (Å²) in [5.74, 6) is 2.42. The molecule has 9 heavy (non-hydrogen) atoms. The molecule has 0 aromatic carbocycles. The van der Waals surface area contributed by atoms with Gasteiger partial charge in [0.05, 0.1) is 18.3 Å². The molecule has 0 aromatic rings. The average Bonchev–Trinajstić information content (AvgIpc) is 1.79. The van der Waals surface area contributed by atoms with Crippen LogP contribution in [0.3, 0.4) is 0 Å². The quantitative estimate of drug-likeness (QED) is 0.551. The minimum Gasteiger partial charge on any atom is -0.497 e. The molecule has 0 N–H and O–H groups in total. The van der Waals surface area contributed by atoms with E-state index in [9.17, 15) is 0 Å². The Morgan fingerprint density at radius 3 is 2.56 bits per heavy atom. The maximum atomic E-state index is 5.05. The highest BCUT2D eigenvalue weighted by molar-refractivity contribution is 4.99. The highest BCUT2D eigenvalue weighted by Crippen LogP contribution is 2.28. The maximum absolute atomic E-state index is 5.05. The first kappa shape index (κ1) is 6.66. The van der Waals surface area contributed by atoms with Gasteiger partial charge >= 0.3 is 0 Å². The van der Waals surface area contributed by atoms with Gasteiger partial charge in [-0.1, -0.05) is 20.4 Å². The molecule has 0 saturated carbocycles. The Bertz CT molecular complexity index is 116. The normalized spacial score (nSPS) is 25.7. The van der Waals surface area contributed by atoms with E-state index in [2.05, 4.69) is 20.4 Å².